The van der Waals surface area contributed by atoms with Gasteiger partial charge in [0.25, 0.3) is 0 Å². The van der Waals surface area contributed by atoms with E-state index in [1.54, 1.807) is 0 Å². The molecule has 0 fully saturated rings. The van der Waals surface area contributed by atoms with E-state index in [0.29, 0.717) is 22.3 Å². The van der Waals surface area contributed by atoms with Crippen molar-refractivity contribution in [3.05, 3.63) is 176 Å². The standard InChI is InChI=1S/C40H22N2O2/c43-39-35-31-19-9-1-2-10-20(19)32(22-12-4-3-11-21(22)31)36(35)40(44)38-34-24-14-6-5-13-23(24)33(37(38)39)25-17-29-30(18-26(25)34)42-28-16-8-7-15-27(28)41-29/h1-18,31-34H/t31?,32?,33-,34+. The summed E-state index contributed by atoms with van der Waals surface area (Å²) in [7, 11) is 0. The van der Waals surface area contributed by atoms with E-state index in [-0.39, 0.29) is 35.2 Å². The molecule has 13 rings (SSSR count). The Labute approximate surface area is 252 Å². The van der Waals surface area contributed by atoms with Gasteiger partial charge in [-0.1, -0.05) is 84.9 Å². The first-order valence-electron chi connectivity index (χ1n) is 15.2. The van der Waals surface area contributed by atoms with E-state index in [0.717, 1.165) is 66.6 Å². The fourth-order valence-corrected chi connectivity index (χ4v) is 9.15. The molecule has 0 radical (unpaired) electrons. The molecule has 1 aromatic heterocycles. The highest BCUT2D eigenvalue weighted by molar-refractivity contribution is 6.30. The van der Waals surface area contributed by atoms with Gasteiger partial charge in [-0.3, -0.25) is 9.59 Å². The molecular formula is C40H22N2O2. The third-order valence-corrected chi connectivity index (χ3v) is 10.7. The Balaban J connectivity index is 1.19. The molecule has 4 bridgehead atoms. The number of carbonyl (C=O) groups is 2. The van der Waals surface area contributed by atoms with Crippen molar-refractivity contribution in [1.29, 1.82) is 0 Å². The van der Waals surface area contributed by atoms with Crippen molar-refractivity contribution in [2.24, 2.45) is 0 Å². The van der Waals surface area contributed by atoms with Gasteiger partial charge in [-0.05, 0) is 68.8 Å². The van der Waals surface area contributed by atoms with E-state index in [4.69, 9.17) is 9.97 Å². The molecule has 44 heavy (non-hydrogen) atoms. The number of ketones is 2. The summed E-state index contributed by atoms with van der Waals surface area (Å²) >= 11 is 0. The van der Waals surface area contributed by atoms with Crippen molar-refractivity contribution < 1.29 is 9.59 Å². The molecule has 0 amide bonds. The Morgan fingerprint density at radius 2 is 0.614 bits per heavy atom. The fraction of sp³-hybridized carbons (Fsp3) is 0.100. The van der Waals surface area contributed by atoms with E-state index in [2.05, 4.69) is 48.5 Å². The SMILES string of the molecule is O=C1C2=C(C(=O)C3=C1[C@@H]1c4ccccc4[C@H]3c3cc4nc5ccccc5nc4cc31)C1c3ccccc3C2c2ccccc21. The Morgan fingerprint density at radius 3 is 0.932 bits per heavy atom. The molecule has 0 saturated carbocycles. The minimum atomic E-state index is -0.324. The Bertz CT molecular complexity index is 2250. The van der Waals surface area contributed by atoms with Crippen LogP contribution in [0.2, 0.25) is 0 Å². The third kappa shape index (κ3) is 2.55. The maximum Gasteiger partial charge on any atom is 0.187 e. The molecule has 0 N–H and O–H groups in total. The van der Waals surface area contributed by atoms with Gasteiger partial charge in [0.2, 0.25) is 0 Å². The average Bonchev–Trinajstić information content (AvgIpc) is 3.08. The van der Waals surface area contributed by atoms with Crippen LogP contribution in [0.1, 0.15) is 68.2 Å². The lowest BCUT2D eigenvalue weighted by molar-refractivity contribution is -0.117. The fourth-order valence-electron chi connectivity index (χ4n) is 9.15. The normalized spacial score (nSPS) is 23.4. The maximum absolute atomic E-state index is 15.1. The molecule has 5 aromatic carbocycles. The van der Waals surface area contributed by atoms with Crippen molar-refractivity contribution >= 4 is 33.6 Å². The Morgan fingerprint density at radius 1 is 0.341 bits per heavy atom. The van der Waals surface area contributed by atoms with E-state index < -0.39 is 0 Å². The predicted molar refractivity (Wildman–Crippen MR) is 168 cm³/mol. The van der Waals surface area contributed by atoms with Gasteiger partial charge in [0.1, 0.15) is 0 Å². The molecule has 0 aliphatic heterocycles. The number of Topliss-reactive ketones (excluding diaryl/α,β-unsaturated/α-hetero) is 2. The van der Waals surface area contributed by atoms with Crippen LogP contribution in [0.3, 0.4) is 0 Å². The summed E-state index contributed by atoms with van der Waals surface area (Å²) in [5, 5.41) is 0. The van der Waals surface area contributed by atoms with Crippen LogP contribution in [0.15, 0.2) is 131 Å². The number of rotatable bonds is 0. The molecule has 7 aliphatic rings. The summed E-state index contributed by atoms with van der Waals surface area (Å²) < 4.78 is 0. The summed E-state index contributed by atoms with van der Waals surface area (Å²) in [5.74, 6) is -1.05. The lowest BCUT2D eigenvalue weighted by atomic mass is 9.51. The van der Waals surface area contributed by atoms with Crippen LogP contribution in [0.5, 0.6) is 0 Å². The molecule has 0 spiro atoms. The predicted octanol–water partition coefficient (Wildman–Crippen LogP) is 7.41. The quantitative estimate of drug-likeness (QED) is 0.143. The van der Waals surface area contributed by atoms with Crippen molar-refractivity contribution in [3.63, 3.8) is 0 Å². The zero-order valence-corrected chi connectivity index (χ0v) is 23.4. The van der Waals surface area contributed by atoms with Crippen molar-refractivity contribution in [1.82, 2.24) is 9.97 Å². The minimum absolute atomic E-state index is 0.0356. The second-order valence-electron chi connectivity index (χ2n) is 12.6. The summed E-state index contributed by atoms with van der Waals surface area (Å²) in [6.07, 6.45) is 0. The smallest absolute Gasteiger partial charge is 0.187 e. The summed E-state index contributed by atoms with van der Waals surface area (Å²) in [6, 6.07) is 37.3. The Kier molecular flexibility index (Phi) is 4.04. The number of aromatic nitrogens is 2. The first kappa shape index (κ1) is 23.0. The number of hydrogen-bond acceptors (Lipinski definition) is 4. The highest BCUT2D eigenvalue weighted by Crippen LogP contribution is 2.64. The van der Waals surface area contributed by atoms with E-state index in [1.165, 1.54) is 0 Å². The van der Waals surface area contributed by atoms with E-state index >= 15 is 9.59 Å². The first-order valence-corrected chi connectivity index (χ1v) is 15.2. The van der Waals surface area contributed by atoms with Crippen LogP contribution in [0.4, 0.5) is 0 Å². The summed E-state index contributed by atoms with van der Waals surface area (Å²) in [4.78, 5) is 40.1. The van der Waals surface area contributed by atoms with Crippen LogP contribution in [-0.4, -0.2) is 21.5 Å². The molecule has 0 unspecified atom stereocenters. The molecule has 4 nitrogen and oxygen atoms in total. The second kappa shape index (κ2) is 7.72. The summed E-state index contributed by atoms with van der Waals surface area (Å²) in [6.45, 7) is 0. The van der Waals surface area contributed by atoms with Gasteiger partial charge in [0.15, 0.2) is 11.6 Å². The van der Waals surface area contributed by atoms with Gasteiger partial charge in [-0.25, -0.2) is 9.97 Å². The van der Waals surface area contributed by atoms with Gasteiger partial charge >= 0.3 is 0 Å². The first-order chi connectivity index (χ1) is 21.7. The van der Waals surface area contributed by atoms with Crippen LogP contribution in [-0.2, 0) is 9.59 Å². The second-order valence-corrected chi connectivity index (χ2v) is 12.6. The van der Waals surface area contributed by atoms with E-state index in [9.17, 15) is 0 Å². The van der Waals surface area contributed by atoms with Crippen LogP contribution < -0.4 is 0 Å². The number of para-hydroxylation sites is 2. The third-order valence-electron chi connectivity index (χ3n) is 10.7. The molecule has 7 aliphatic carbocycles. The van der Waals surface area contributed by atoms with Crippen LogP contribution >= 0.6 is 0 Å². The lowest BCUT2D eigenvalue weighted by Crippen LogP contribution is -2.43. The maximum atomic E-state index is 15.1. The van der Waals surface area contributed by atoms with Gasteiger partial charge < -0.3 is 0 Å². The van der Waals surface area contributed by atoms with Gasteiger partial charge in [-0.2, -0.15) is 0 Å². The molecule has 204 valence electrons. The zero-order chi connectivity index (χ0) is 28.8. The molecular weight excluding hydrogens is 540 g/mol. The zero-order valence-electron chi connectivity index (χ0n) is 23.4. The lowest BCUT2D eigenvalue weighted by Gasteiger charge is -2.49. The largest absolute Gasteiger partial charge is 0.289 e. The molecule has 4 heteroatoms. The number of benzene rings is 5. The van der Waals surface area contributed by atoms with Crippen molar-refractivity contribution in [2.75, 3.05) is 0 Å². The Hall–Kier alpha value is -5.48. The highest BCUT2D eigenvalue weighted by Gasteiger charge is 2.56. The number of carbonyl (C=O) groups excluding carboxylic acids is 2. The monoisotopic (exact) mass is 562 g/mol. The number of hydrogen-bond donors (Lipinski definition) is 0. The average molecular weight is 563 g/mol. The van der Waals surface area contributed by atoms with Gasteiger partial charge in [0, 0.05) is 46.0 Å². The summed E-state index contributed by atoms with van der Waals surface area (Å²) in [5.41, 5.74) is 15.0. The van der Waals surface area contributed by atoms with Crippen molar-refractivity contribution in [3.8, 4) is 0 Å². The van der Waals surface area contributed by atoms with E-state index in [1.807, 2.05) is 60.7 Å². The number of allylic oxidation sites excluding steroid dienone is 4. The molecule has 1 heterocycles. The molecule has 2 atom stereocenters. The van der Waals surface area contributed by atoms with Crippen molar-refractivity contribution in [2.45, 2.75) is 23.7 Å². The topological polar surface area (TPSA) is 59.9 Å². The van der Waals surface area contributed by atoms with Gasteiger partial charge in [-0.15, -0.1) is 0 Å². The minimum Gasteiger partial charge on any atom is -0.289 e. The van der Waals surface area contributed by atoms with Crippen LogP contribution in [0.25, 0.3) is 22.1 Å². The number of nitrogens with zero attached hydrogens (tertiary/aromatic N) is 2. The molecule has 0 saturated heterocycles. The highest BCUT2D eigenvalue weighted by atomic mass is 16.1. The van der Waals surface area contributed by atoms with Crippen LogP contribution in [0, 0.1) is 0 Å². The number of fused-ring (bicyclic) bond motifs is 2. The van der Waals surface area contributed by atoms with Gasteiger partial charge in [0.05, 0.1) is 22.1 Å². The molecule has 6 aromatic rings.